The minimum atomic E-state index is -0.393. The molecule has 3 aromatic rings. The predicted octanol–water partition coefficient (Wildman–Crippen LogP) is 4.18. The van der Waals surface area contributed by atoms with Gasteiger partial charge >= 0.3 is 5.97 Å². The van der Waals surface area contributed by atoms with E-state index in [1.54, 1.807) is 43.5 Å². The Morgan fingerprint density at radius 2 is 1.66 bits per heavy atom. The van der Waals surface area contributed by atoms with Gasteiger partial charge in [-0.05, 0) is 61.0 Å². The van der Waals surface area contributed by atoms with E-state index in [-0.39, 0.29) is 5.91 Å². The Labute approximate surface area is 168 Å². The fourth-order valence-corrected chi connectivity index (χ4v) is 2.67. The Balaban J connectivity index is 1.67. The van der Waals surface area contributed by atoms with E-state index in [9.17, 15) is 9.59 Å². The average molecular weight is 391 g/mol. The highest BCUT2D eigenvalue weighted by atomic mass is 16.5. The van der Waals surface area contributed by atoms with Gasteiger partial charge in [0.05, 0.1) is 31.0 Å². The number of esters is 1. The number of ether oxygens (including phenoxy) is 2. The van der Waals surface area contributed by atoms with E-state index in [0.29, 0.717) is 28.4 Å². The molecule has 0 bridgehead atoms. The second-order valence-corrected chi connectivity index (χ2v) is 6.28. The monoisotopic (exact) mass is 391 g/mol. The van der Waals surface area contributed by atoms with Gasteiger partial charge in [0.15, 0.2) is 0 Å². The first-order valence-corrected chi connectivity index (χ1v) is 8.87. The zero-order valence-electron chi connectivity index (χ0n) is 16.4. The van der Waals surface area contributed by atoms with Crippen LogP contribution in [0.4, 0.5) is 17.2 Å². The standard InChI is InChI=1S/C22H21N3O4/c1-14-4-10-19(28-2)18(12-14)25-21(26)16-7-11-20(23-13-16)24-17-8-5-15(6-9-17)22(27)29-3/h4-13H,1-3H3,(H,23,24)(H,25,26). The topological polar surface area (TPSA) is 89.5 Å². The number of nitrogens with one attached hydrogen (secondary N) is 2. The summed E-state index contributed by atoms with van der Waals surface area (Å²) in [6, 6.07) is 15.8. The number of aromatic nitrogens is 1. The summed E-state index contributed by atoms with van der Waals surface area (Å²) in [5.74, 6) is 0.483. The number of carbonyl (C=O) groups excluding carboxylic acids is 2. The summed E-state index contributed by atoms with van der Waals surface area (Å²) in [6.07, 6.45) is 1.49. The van der Waals surface area contributed by atoms with E-state index in [0.717, 1.165) is 11.3 Å². The molecule has 148 valence electrons. The Morgan fingerprint density at radius 1 is 0.931 bits per heavy atom. The lowest BCUT2D eigenvalue weighted by Crippen LogP contribution is -2.13. The van der Waals surface area contributed by atoms with Gasteiger partial charge in [-0.25, -0.2) is 9.78 Å². The van der Waals surface area contributed by atoms with E-state index in [1.165, 1.54) is 13.3 Å². The van der Waals surface area contributed by atoms with E-state index in [4.69, 9.17) is 4.74 Å². The Bertz CT molecular complexity index is 1020. The van der Waals surface area contributed by atoms with Crippen molar-refractivity contribution in [2.75, 3.05) is 24.9 Å². The maximum atomic E-state index is 12.5. The molecule has 0 atom stereocenters. The number of pyridine rings is 1. The number of rotatable bonds is 6. The van der Waals surface area contributed by atoms with Gasteiger partial charge in [-0.3, -0.25) is 4.79 Å². The zero-order valence-corrected chi connectivity index (χ0v) is 16.4. The average Bonchev–Trinajstić information content (AvgIpc) is 2.74. The molecule has 0 aliphatic heterocycles. The van der Waals surface area contributed by atoms with Gasteiger partial charge in [0.2, 0.25) is 0 Å². The summed E-state index contributed by atoms with van der Waals surface area (Å²) in [5.41, 5.74) is 3.25. The molecule has 0 saturated heterocycles. The van der Waals surface area contributed by atoms with Crippen LogP contribution < -0.4 is 15.4 Å². The largest absolute Gasteiger partial charge is 0.495 e. The maximum absolute atomic E-state index is 12.5. The molecule has 3 rings (SSSR count). The molecular weight excluding hydrogens is 370 g/mol. The lowest BCUT2D eigenvalue weighted by Gasteiger charge is -2.11. The van der Waals surface area contributed by atoms with Crippen molar-refractivity contribution in [2.45, 2.75) is 6.92 Å². The van der Waals surface area contributed by atoms with E-state index in [1.807, 2.05) is 25.1 Å². The van der Waals surface area contributed by atoms with Crippen LogP contribution in [0.2, 0.25) is 0 Å². The lowest BCUT2D eigenvalue weighted by molar-refractivity contribution is 0.0600. The molecule has 2 aromatic carbocycles. The van der Waals surface area contributed by atoms with Gasteiger partial charge in [-0.15, -0.1) is 0 Å². The maximum Gasteiger partial charge on any atom is 0.337 e. The van der Waals surface area contributed by atoms with Crippen molar-refractivity contribution in [2.24, 2.45) is 0 Å². The lowest BCUT2D eigenvalue weighted by atomic mass is 10.2. The minimum absolute atomic E-state index is 0.282. The first-order valence-electron chi connectivity index (χ1n) is 8.87. The van der Waals surface area contributed by atoms with Crippen molar-refractivity contribution in [1.29, 1.82) is 0 Å². The van der Waals surface area contributed by atoms with Gasteiger partial charge in [0, 0.05) is 11.9 Å². The van der Waals surface area contributed by atoms with E-state index in [2.05, 4.69) is 20.4 Å². The molecule has 0 spiro atoms. The number of carbonyl (C=O) groups is 2. The van der Waals surface area contributed by atoms with Crippen molar-refractivity contribution >= 4 is 29.1 Å². The second-order valence-electron chi connectivity index (χ2n) is 6.28. The number of hydrogen-bond donors (Lipinski definition) is 2. The highest BCUT2D eigenvalue weighted by Crippen LogP contribution is 2.26. The number of amides is 1. The van der Waals surface area contributed by atoms with Gasteiger partial charge in [-0.1, -0.05) is 6.07 Å². The molecule has 1 amide bonds. The molecule has 0 aliphatic rings. The van der Waals surface area contributed by atoms with Crippen LogP contribution in [-0.4, -0.2) is 31.1 Å². The molecule has 7 nitrogen and oxygen atoms in total. The third-order valence-electron chi connectivity index (χ3n) is 4.21. The molecule has 0 aliphatic carbocycles. The van der Waals surface area contributed by atoms with Crippen molar-refractivity contribution in [3.05, 3.63) is 77.5 Å². The minimum Gasteiger partial charge on any atom is -0.495 e. The molecule has 0 unspecified atom stereocenters. The third-order valence-corrected chi connectivity index (χ3v) is 4.21. The molecular formula is C22H21N3O4. The Kier molecular flexibility index (Phi) is 6.09. The normalized spacial score (nSPS) is 10.2. The van der Waals surface area contributed by atoms with Crippen molar-refractivity contribution in [1.82, 2.24) is 4.98 Å². The van der Waals surface area contributed by atoms with Gasteiger partial charge in [0.1, 0.15) is 11.6 Å². The molecule has 0 saturated carbocycles. The summed E-state index contributed by atoms with van der Waals surface area (Å²) in [6.45, 7) is 1.94. The summed E-state index contributed by atoms with van der Waals surface area (Å²) in [7, 11) is 2.89. The Hall–Kier alpha value is -3.87. The molecule has 0 fully saturated rings. The van der Waals surface area contributed by atoms with E-state index < -0.39 is 5.97 Å². The van der Waals surface area contributed by atoms with Crippen molar-refractivity contribution < 1.29 is 19.1 Å². The second kappa shape index (κ2) is 8.88. The van der Waals surface area contributed by atoms with Crippen LogP contribution in [0, 0.1) is 6.92 Å². The Morgan fingerprint density at radius 3 is 2.28 bits per heavy atom. The van der Waals surface area contributed by atoms with E-state index >= 15 is 0 Å². The predicted molar refractivity (Wildman–Crippen MR) is 111 cm³/mol. The van der Waals surface area contributed by atoms with Crippen LogP contribution in [0.3, 0.4) is 0 Å². The third kappa shape index (κ3) is 4.90. The SMILES string of the molecule is COC(=O)c1ccc(Nc2ccc(C(=O)Nc3cc(C)ccc3OC)cn2)cc1. The molecule has 1 aromatic heterocycles. The first-order chi connectivity index (χ1) is 14.0. The quantitative estimate of drug-likeness (QED) is 0.613. The van der Waals surface area contributed by atoms with Gasteiger partial charge < -0.3 is 20.1 Å². The molecule has 29 heavy (non-hydrogen) atoms. The summed E-state index contributed by atoms with van der Waals surface area (Å²) < 4.78 is 9.96. The number of anilines is 3. The molecule has 0 radical (unpaired) electrons. The number of nitrogens with zero attached hydrogens (tertiary/aromatic N) is 1. The van der Waals surface area contributed by atoms with Crippen molar-refractivity contribution in [3.63, 3.8) is 0 Å². The first kappa shape index (κ1) is 19.9. The summed E-state index contributed by atoms with van der Waals surface area (Å²) >= 11 is 0. The smallest absolute Gasteiger partial charge is 0.337 e. The number of benzene rings is 2. The van der Waals surface area contributed by atoms with Crippen molar-refractivity contribution in [3.8, 4) is 5.75 Å². The van der Waals surface area contributed by atoms with Crippen LogP contribution in [0.25, 0.3) is 0 Å². The summed E-state index contributed by atoms with van der Waals surface area (Å²) in [5, 5.41) is 5.96. The van der Waals surface area contributed by atoms with Crippen LogP contribution in [0.15, 0.2) is 60.8 Å². The van der Waals surface area contributed by atoms with Gasteiger partial charge in [-0.2, -0.15) is 0 Å². The number of aryl methyl sites for hydroxylation is 1. The fourth-order valence-electron chi connectivity index (χ4n) is 2.67. The van der Waals surface area contributed by atoms with Crippen LogP contribution in [-0.2, 0) is 4.74 Å². The van der Waals surface area contributed by atoms with Gasteiger partial charge in [0.25, 0.3) is 5.91 Å². The highest BCUT2D eigenvalue weighted by Gasteiger charge is 2.11. The summed E-state index contributed by atoms with van der Waals surface area (Å²) in [4.78, 5) is 28.3. The fraction of sp³-hybridized carbons (Fsp3) is 0.136. The molecule has 2 N–H and O–H groups in total. The molecule has 1 heterocycles. The van der Waals surface area contributed by atoms with Crippen LogP contribution in [0.5, 0.6) is 5.75 Å². The van der Waals surface area contributed by atoms with Crippen LogP contribution >= 0.6 is 0 Å². The zero-order chi connectivity index (χ0) is 20.8. The number of methoxy groups -OCH3 is 2. The number of hydrogen-bond acceptors (Lipinski definition) is 6. The van der Waals surface area contributed by atoms with Crippen LogP contribution in [0.1, 0.15) is 26.3 Å². The molecule has 7 heteroatoms. The highest BCUT2D eigenvalue weighted by molar-refractivity contribution is 6.05.